The molecular formula is C14H15Cl2O4Si. The van der Waals surface area contributed by atoms with E-state index in [0.717, 1.165) is 0 Å². The normalized spacial score (nSPS) is 10.2. The summed E-state index contributed by atoms with van der Waals surface area (Å²) in [4.78, 5) is 23.8. The predicted octanol–water partition coefficient (Wildman–Crippen LogP) is 3.54. The van der Waals surface area contributed by atoms with E-state index in [9.17, 15) is 9.59 Å². The van der Waals surface area contributed by atoms with Crippen molar-refractivity contribution in [1.29, 1.82) is 0 Å². The molecule has 0 spiro atoms. The van der Waals surface area contributed by atoms with Gasteiger partial charge in [0.25, 0.3) is 7.42 Å². The molecule has 21 heavy (non-hydrogen) atoms. The zero-order chi connectivity index (χ0) is 15.7. The maximum atomic E-state index is 12.0. The van der Waals surface area contributed by atoms with Crippen LogP contribution in [0, 0.1) is 0 Å². The summed E-state index contributed by atoms with van der Waals surface area (Å²) in [6.07, 6.45) is 2.05. The largest absolute Gasteiger partial charge is 0.462 e. The average molecular weight is 346 g/mol. The Morgan fingerprint density at radius 3 is 2.24 bits per heavy atom. The molecule has 1 radical (unpaired) electrons. The fourth-order valence-corrected chi connectivity index (χ4v) is 2.71. The minimum Gasteiger partial charge on any atom is -0.462 e. The number of halogens is 2. The summed E-state index contributed by atoms with van der Waals surface area (Å²) in [6, 6.07) is 6.96. The Kier molecular flexibility index (Phi) is 8.11. The summed E-state index contributed by atoms with van der Waals surface area (Å²) in [5.41, 5.74) is 0.345. The minimum absolute atomic E-state index is 0.0818. The second-order valence-electron chi connectivity index (χ2n) is 4.01. The molecule has 7 heteroatoms. The van der Waals surface area contributed by atoms with Crippen molar-refractivity contribution in [2.45, 2.75) is 12.5 Å². The van der Waals surface area contributed by atoms with Crippen LogP contribution in [0.1, 0.15) is 27.1 Å². The SMILES string of the molecule is C=CCOC(=O)c1ccccc1C(=O)OCCC[Si](Cl)Cl. The highest BCUT2D eigenvalue weighted by molar-refractivity contribution is 7.33. The summed E-state index contributed by atoms with van der Waals surface area (Å²) in [5, 5.41) is 0. The fourth-order valence-electron chi connectivity index (χ4n) is 1.50. The lowest BCUT2D eigenvalue weighted by atomic mass is 10.1. The number of carbonyl (C=O) groups is 2. The summed E-state index contributed by atoms with van der Waals surface area (Å²) in [6.45, 7) is 3.75. The lowest BCUT2D eigenvalue weighted by molar-refractivity contribution is 0.0475. The lowest BCUT2D eigenvalue weighted by Crippen LogP contribution is -2.14. The molecule has 0 heterocycles. The van der Waals surface area contributed by atoms with Crippen molar-refractivity contribution in [2.24, 2.45) is 0 Å². The first-order chi connectivity index (χ1) is 10.1. The smallest absolute Gasteiger partial charge is 0.339 e. The molecule has 0 saturated carbocycles. The van der Waals surface area contributed by atoms with Crippen molar-refractivity contribution in [3.05, 3.63) is 48.0 Å². The molecule has 0 amide bonds. The molecule has 0 saturated heterocycles. The Morgan fingerprint density at radius 2 is 1.71 bits per heavy atom. The van der Waals surface area contributed by atoms with E-state index in [4.69, 9.17) is 31.6 Å². The third kappa shape index (κ3) is 6.33. The number of esters is 2. The number of hydrogen-bond acceptors (Lipinski definition) is 4. The van der Waals surface area contributed by atoms with E-state index < -0.39 is 19.4 Å². The summed E-state index contributed by atoms with van der Waals surface area (Å²) in [7, 11) is -1.36. The van der Waals surface area contributed by atoms with Gasteiger partial charge in [-0.25, -0.2) is 9.59 Å². The van der Waals surface area contributed by atoms with Gasteiger partial charge in [0.1, 0.15) is 6.61 Å². The number of carbonyl (C=O) groups excluding carboxylic acids is 2. The van der Waals surface area contributed by atoms with Gasteiger partial charge in [0.2, 0.25) is 0 Å². The molecule has 0 aliphatic heterocycles. The van der Waals surface area contributed by atoms with Crippen LogP contribution in [0.25, 0.3) is 0 Å². The third-order valence-electron chi connectivity index (χ3n) is 2.44. The van der Waals surface area contributed by atoms with Gasteiger partial charge in [-0.2, -0.15) is 0 Å². The lowest BCUT2D eigenvalue weighted by Gasteiger charge is -2.09. The number of ether oxygens (including phenoxy) is 2. The molecule has 0 N–H and O–H groups in total. The van der Waals surface area contributed by atoms with Gasteiger partial charge < -0.3 is 9.47 Å². The number of rotatable bonds is 8. The highest BCUT2D eigenvalue weighted by Crippen LogP contribution is 2.13. The van der Waals surface area contributed by atoms with Crippen LogP contribution in [0.15, 0.2) is 36.9 Å². The van der Waals surface area contributed by atoms with Gasteiger partial charge in [-0.05, 0) is 24.6 Å². The van der Waals surface area contributed by atoms with E-state index in [2.05, 4.69) is 6.58 Å². The Bertz CT molecular complexity index is 506. The number of hydrogen-bond donors (Lipinski definition) is 0. The van der Waals surface area contributed by atoms with Crippen molar-refractivity contribution in [2.75, 3.05) is 13.2 Å². The molecule has 1 aromatic carbocycles. The molecule has 0 bridgehead atoms. The molecule has 0 aromatic heterocycles. The standard InChI is InChI=1S/C14H15Cl2O4Si/c1-2-8-19-13(17)11-6-3-4-7-12(11)14(18)20-9-5-10-21(15)16/h2-4,6-7H,1,5,8-10H2. The number of benzene rings is 1. The molecule has 0 aliphatic carbocycles. The van der Waals surface area contributed by atoms with Crippen molar-refractivity contribution in [3.8, 4) is 0 Å². The molecule has 0 aliphatic rings. The molecule has 1 rings (SSSR count). The van der Waals surface area contributed by atoms with Gasteiger partial charge in [0.15, 0.2) is 0 Å². The highest BCUT2D eigenvalue weighted by Gasteiger charge is 2.18. The van der Waals surface area contributed by atoms with E-state index >= 15 is 0 Å². The van der Waals surface area contributed by atoms with Gasteiger partial charge in [-0.3, -0.25) is 0 Å². The second-order valence-corrected chi connectivity index (χ2v) is 8.51. The van der Waals surface area contributed by atoms with Crippen LogP contribution >= 0.6 is 22.2 Å². The summed E-state index contributed by atoms with van der Waals surface area (Å²) >= 11 is 11.4. The van der Waals surface area contributed by atoms with Gasteiger partial charge in [-0.15, -0.1) is 22.2 Å². The zero-order valence-corrected chi connectivity index (χ0v) is 13.8. The molecule has 1 aromatic rings. The van der Waals surface area contributed by atoms with Crippen LogP contribution in [-0.2, 0) is 9.47 Å². The van der Waals surface area contributed by atoms with Crippen LogP contribution in [0.5, 0.6) is 0 Å². The molecule has 4 nitrogen and oxygen atoms in total. The van der Waals surface area contributed by atoms with Crippen LogP contribution in [0.4, 0.5) is 0 Å². The van der Waals surface area contributed by atoms with Crippen LogP contribution in [0.2, 0.25) is 6.04 Å². The molecule has 0 unspecified atom stereocenters. The topological polar surface area (TPSA) is 52.6 Å². The second kappa shape index (κ2) is 9.60. The van der Waals surface area contributed by atoms with Crippen LogP contribution < -0.4 is 0 Å². The van der Waals surface area contributed by atoms with Gasteiger partial charge in [0, 0.05) is 0 Å². The third-order valence-corrected chi connectivity index (χ3v) is 4.31. The maximum absolute atomic E-state index is 12.0. The Hall–Kier alpha value is -1.30. The minimum atomic E-state index is -1.36. The molecule has 113 valence electrons. The fraction of sp³-hybridized carbons (Fsp3) is 0.286. The Morgan fingerprint density at radius 1 is 1.14 bits per heavy atom. The van der Waals surface area contributed by atoms with Crippen LogP contribution in [-0.4, -0.2) is 32.6 Å². The van der Waals surface area contributed by atoms with Crippen LogP contribution in [0.3, 0.4) is 0 Å². The maximum Gasteiger partial charge on any atom is 0.339 e. The molecule has 0 atom stereocenters. The average Bonchev–Trinajstić information content (AvgIpc) is 2.48. The van der Waals surface area contributed by atoms with Gasteiger partial charge >= 0.3 is 11.9 Å². The predicted molar refractivity (Wildman–Crippen MR) is 84.1 cm³/mol. The monoisotopic (exact) mass is 345 g/mol. The van der Waals surface area contributed by atoms with Crippen molar-refractivity contribution in [1.82, 2.24) is 0 Å². The molecule has 0 fully saturated rings. The van der Waals surface area contributed by atoms with Crippen molar-refractivity contribution >= 4 is 41.5 Å². The zero-order valence-electron chi connectivity index (χ0n) is 11.3. The Labute approximate surface area is 134 Å². The van der Waals surface area contributed by atoms with E-state index in [-0.39, 0.29) is 24.3 Å². The summed E-state index contributed by atoms with van der Waals surface area (Å²) < 4.78 is 10.0. The van der Waals surface area contributed by atoms with E-state index in [1.807, 2.05) is 0 Å². The first kappa shape index (κ1) is 17.7. The van der Waals surface area contributed by atoms with E-state index in [1.165, 1.54) is 18.2 Å². The van der Waals surface area contributed by atoms with Crippen molar-refractivity contribution in [3.63, 3.8) is 0 Å². The Balaban J connectivity index is 2.66. The molecular weight excluding hydrogens is 331 g/mol. The quantitative estimate of drug-likeness (QED) is 0.238. The van der Waals surface area contributed by atoms with E-state index in [1.54, 1.807) is 12.1 Å². The summed E-state index contributed by atoms with van der Waals surface area (Å²) in [5.74, 6) is -1.16. The van der Waals surface area contributed by atoms with Crippen molar-refractivity contribution < 1.29 is 19.1 Å². The highest BCUT2D eigenvalue weighted by atomic mass is 35.7. The van der Waals surface area contributed by atoms with Gasteiger partial charge in [-0.1, -0.05) is 24.8 Å². The van der Waals surface area contributed by atoms with E-state index in [0.29, 0.717) is 12.5 Å². The first-order valence-electron chi connectivity index (χ1n) is 6.27. The van der Waals surface area contributed by atoms with Gasteiger partial charge in [0.05, 0.1) is 17.7 Å². The first-order valence-corrected chi connectivity index (χ1v) is 10.0.